The van der Waals surface area contributed by atoms with Crippen molar-refractivity contribution in [3.8, 4) is 0 Å². The van der Waals surface area contributed by atoms with Crippen LogP contribution in [0.4, 0.5) is 0 Å². The van der Waals surface area contributed by atoms with Crippen molar-refractivity contribution in [3.63, 3.8) is 0 Å². The molecule has 0 N–H and O–H groups in total. The van der Waals surface area contributed by atoms with Gasteiger partial charge in [-0.1, -0.05) is 76.7 Å². The van der Waals surface area contributed by atoms with Gasteiger partial charge in [0.15, 0.2) is 0 Å². The van der Waals surface area contributed by atoms with Gasteiger partial charge in [-0.2, -0.15) is 20.1 Å². The normalized spacial score (nSPS) is 22.6. The molecular formula is C22H36S2. The number of hydrogen-bond acceptors (Lipinski definition) is 0. The lowest BCUT2D eigenvalue weighted by Gasteiger charge is -2.33. The van der Waals surface area contributed by atoms with Crippen molar-refractivity contribution in [1.82, 2.24) is 0 Å². The highest BCUT2D eigenvalue weighted by molar-refractivity contribution is 8.43. The smallest absolute Gasteiger partial charge is 0.0123 e. The molecule has 24 heavy (non-hydrogen) atoms. The van der Waals surface area contributed by atoms with Crippen LogP contribution in [0.3, 0.4) is 0 Å². The average Bonchev–Trinajstić information content (AvgIpc) is 3.25. The first kappa shape index (κ1) is 19.7. The number of unbranched alkanes of at least 4 members (excludes halogenated alkanes) is 6. The summed E-state index contributed by atoms with van der Waals surface area (Å²) in [6.45, 7) is 4.59. The molecule has 2 aliphatic heterocycles. The monoisotopic (exact) mass is 364 g/mol. The summed E-state index contributed by atoms with van der Waals surface area (Å²) in [5.74, 6) is 2.69. The van der Waals surface area contributed by atoms with Crippen LogP contribution >= 0.6 is 20.1 Å². The van der Waals surface area contributed by atoms with Crippen LogP contribution < -0.4 is 0 Å². The fourth-order valence-electron chi connectivity index (χ4n) is 3.21. The third-order valence-corrected chi connectivity index (χ3v) is 10.9. The van der Waals surface area contributed by atoms with Gasteiger partial charge in [-0.05, 0) is 56.8 Å². The standard InChI is InChI=1S/C22H36S2/c1-3-5-7-9-15-23(17-11-12-18-23)21-22-24(19-13-14-20-24)16-10-8-6-4-2/h11-14,17-22H,3-10,15-16H2,1-2H3/b22-21+. The van der Waals surface area contributed by atoms with Gasteiger partial charge in [0.25, 0.3) is 0 Å². The van der Waals surface area contributed by atoms with Gasteiger partial charge in [0.05, 0.1) is 0 Å². The van der Waals surface area contributed by atoms with Gasteiger partial charge in [-0.3, -0.25) is 0 Å². The van der Waals surface area contributed by atoms with Gasteiger partial charge in [-0.15, -0.1) is 0 Å². The number of allylic oxidation sites excluding steroid dienone is 4. The molecule has 0 unspecified atom stereocenters. The van der Waals surface area contributed by atoms with Gasteiger partial charge in [-0.25, -0.2) is 0 Å². The molecule has 0 aliphatic carbocycles. The van der Waals surface area contributed by atoms with Gasteiger partial charge < -0.3 is 0 Å². The zero-order valence-electron chi connectivity index (χ0n) is 15.7. The Bertz CT molecular complexity index is 438. The predicted molar refractivity (Wildman–Crippen MR) is 119 cm³/mol. The van der Waals surface area contributed by atoms with Crippen LogP contribution in [-0.2, 0) is 0 Å². The third kappa shape index (κ3) is 6.04. The van der Waals surface area contributed by atoms with Crippen molar-refractivity contribution in [3.05, 3.63) is 56.8 Å². The zero-order chi connectivity index (χ0) is 17.1. The molecule has 0 saturated carbocycles. The summed E-state index contributed by atoms with van der Waals surface area (Å²) in [5.41, 5.74) is 0. The van der Waals surface area contributed by atoms with Gasteiger partial charge in [0, 0.05) is 0 Å². The van der Waals surface area contributed by atoms with E-state index in [1.165, 1.54) is 62.9 Å². The molecule has 0 amide bonds. The van der Waals surface area contributed by atoms with E-state index in [2.05, 4.69) is 70.6 Å². The minimum Gasteiger partial charge on any atom is -0.180 e. The molecule has 0 aromatic rings. The largest absolute Gasteiger partial charge is 0.180 e. The van der Waals surface area contributed by atoms with Gasteiger partial charge in [0.2, 0.25) is 0 Å². The van der Waals surface area contributed by atoms with Crippen molar-refractivity contribution in [2.45, 2.75) is 65.2 Å². The third-order valence-electron chi connectivity index (χ3n) is 4.82. The summed E-state index contributed by atoms with van der Waals surface area (Å²) in [5, 5.41) is 15.2. The van der Waals surface area contributed by atoms with Crippen LogP contribution in [0.2, 0.25) is 0 Å². The lowest BCUT2D eigenvalue weighted by molar-refractivity contribution is 0.706. The maximum atomic E-state index is 2.61. The SMILES string of the molecule is CCCCCCS1(/C=C/S2(CCCCCC)C=CC=C2)C=CC=C1. The summed E-state index contributed by atoms with van der Waals surface area (Å²) in [6.07, 6.45) is 20.0. The first-order valence-electron chi connectivity index (χ1n) is 9.74. The average molecular weight is 365 g/mol. The fourth-order valence-corrected chi connectivity index (χ4v) is 9.17. The summed E-state index contributed by atoms with van der Waals surface area (Å²) < 4.78 is 0. The number of rotatable bonds is 12. The van der Waals surface area contributed by atoms with E-state index < -0.39 is 20.1 Å². The molecule has 0 nitrogen and oxygen atoms in total. The molecule has 0 bridgehead atoms. The second-order valence-electron chi connectivity index (χ2n) is 6.93. The van der Waals surface area contributed by atoms with Gasteiger partial charge in [0.1, 0.15) is 0 Å². The van der Waals surface area contributed by atoms with Crippen LogP contribution in [0.15, 0.2) is 56.8 Å². The topological polar surface area (TPSA) is 0 Å². The Morgan fingerprint density at radius 2 is 0.917 bits per heavy atom. The lowest BCUT2D eigenvalue weighted by Crippen LogP contribution is -1.98. The van der Waals surface area contributed by atoms with Gasteiger partial charge >= 0.3 is 0 Å². The fraction of sp³-hybridized carbons (Fsp3) is 0.545. The first-order chi connectivity index (χ1) is 11.7. The van der Waals surface area contributed by atoms with Crippen LogP contribution in [0.1, 0.15) is 65.2 Å². The van der Waals surface area contributed by atoms with E-state index in [9.17, 15) is 0 Å². The van der Waals surface area contributed by atoms with E-state index in [4.69, 9.17) is 0 Å². The Kier molecular flexibility index (Phi) is 8.55. The van der Waals surface area contributed by atoms with E-state index in [0.29, 0.717) is 0 Å². The van der Waals surface area contributed by atoms with E-state index in [1.54, 1.807) is 0 Å². The van der Waals surface area contributed by atoms with E-state index >= 15 is 0 Å². The zero-order valence-corrected chi connectivity index (χ0v) is 17.3. The molecular weight excluding hydrogens is 328 g/mol. The molecule has 0 saturated heterocycles. The van der Waals surface area contributed by atoms with E-state index in [0.717, 1.165) is 0 Å². The minimum atomic E-state index is -0.791. The molecule has 136 valence electrons. The second-order valence-corrected chi connectivity index (χ2v) is 13.0. The summed E-state index contributed by atoms with van der Waals surface area (Å²) in [6, 6.07) is 0. The Hall–Kier alpha value is -0.600. The van der Waals surface area contributed by atoms with Crippen molar-refractivity contribution < 1.29 is 0 Å². The Balaban J connectivity index is 1.98. The Labute approximate surface area is 153 Å². The highest BCUT2D eigenvalue weighted by Gasteiger charge is 2.21. The molecule has 0 atom stereocenters. The van der Waals surface area contributed by atoms with Crippen molar-refractivity contribution in [1.29, 1.82) is 0 Å². The lowest BCUT2D eigenvalue weighted by atomic mass is 10.2. The molecule has 0 fully saturated rings. The molecule has 2 heteroatoms. The minimum absolute atomic E-state index is 0.791. The molecule has 0 aromatic carbocycles. The molecule has 2 rings (SSSR count). The van der Waals surface area contributed by atoms with Crippen molar-refractivity contribution in [2.24, 2.45) is 0 Å². The summed E-state index contributed by atoms with van der Waals surface area (Å²) >= 11 is 0. The van der Waals surface area contributed by atoms with E-state index in [1.807, 2.05) is 0 Å². The summed E-state index contributed by atoms with van der Waals surface area (Å²) in [7, 11) is -1.58. The number of hydrogen-bond donors (Lipinski definition) is 0. The van der Waals surface area contributed by atoms with Crippen LogP contribution in [0.5, 0.6) is 0 Å². The van der Waals surface area contributed by atoms with Crippen molar-refractivity contribution in [2.75, 3.05) is 11.5 Å². The van der Waals surface area contributed by atoms with Crippen LogP contribution in [0.25, 0.3) is 0 Å². The maximum Gasteiger partial charge on any atom is -0.0123 e. The molecule has 0 aromatic heterocycles. The first-order valence-corrected chi connectivity index (χ1v) is 13.7. The highest BCUT2D eigenvalue weighted by atomic mass is 32.3. The van der Waals surface area contributed by atoms with Crippen LogP contribution in [0, 0.1) is 0 Å². The molecule has 2 heterocycles. The summed E-state index contributed by atoms with van der Waals surface area (Å²) in [4.78, 5) is 0. The highest BCUT2D eigenvalue weighted by Crippen LogP contribution is 2.62. The van der Waals surface area contributed by atoms with E-state index in [-0.39, 0.29) is 0 Å². The quantitative estimate of drug-likeness (QED) is 0.305. The predicted octanol–water partition coefficient (Wildman–Crippen LogP) is 8.31. The molecule has 2 aliphatic rings. The molecule has 0 spiro atoms. The van der Waals surface area contributed by atoms with Crippen molar-refractivity contribution >= 4 is 20.1 Å². The molecule has 0 radical (unpaired) electrons. The Morgan fingerprint density at radius 3 is 1.25 bits per heavy atom. The van der Waals surface area contributed by atoms with Crippen LogP contribution in [-0.4, -0.2) is 11.5 Å². The second kappa shape index (κ2) is 10.4. The maximum absolute atomic E-state index is 2.61. The Morgan fingerprint density at radius 1 is 0.542 bits per heavy atom.